The molecule has 0 aromatic heterocycles. The molecule has 0 bridgehead atoms. The van der Waals surface area contributed by atoms with E-state index in [0.717, 1.165) is 11.1 Å². The molecule has 0 heterocycles. The van der Waals surface area contributed by atoms with Crippen molar-refractivity contribution in [1.82, 2.24) is 4.72 Å². The van der Waals surface area contributed by atoms with E-state index in [1.807, 2.05) is 33.8 Å². The van der Waals surface area contributed by atoms with Gasteiger partial charge in [0.15, 0.2) is 0 Å². The number of hydrogen-bond acceptors (Lipinski definition) is 3. The summed E-state index contributed by atoms with van der Waals surface area (Å²) in [6.45, 7) is 7.97. The Kier molecular flexibility index (Phi) is 5.12. The van der Waals surface area contributed by atoms with Crippen LogP contribution in [0.5, 0.6) is 0 Å². The van der Waals surface area contributed by atoms with E-state index in [9.17, 15) is 8.42 Å². The molecule has 1 rings (SSSR count). The highest BCUT2D eigenvalue weighted by Crippen LogP contribution is 2.20. The third kappa shape index (κ3) is 3.78. The van der Waals surface area contributed by atoms with Gasteiger partial charge < -0.3 is 5.73 Å². The smallest absolute Gasteiger partial charge is 0.241 e. The van der Waals surface area contributed by atoms with Crippen LogP contribution >= 0.6 is 0 Å². The molecule has 0 atom stereocenters. The van der Waals surface area contributed by atoms with E-state index in [4.69, 9.17) is 5.73 Å². The van der Waals surface area contributed by atoms with Crippen LogP contribution in [-0.4, -0.2) is 20.5 Å². The molecule has 3 N–H and O–H groups in total. The Morgan fingerprint density at radius 2 is 1.58 bits per heavy atom. The van der Waals surface area contributed by atoms with E-state index in [2.05, 4.69) is 4.72 Å². The van der Waals surface area contributed by atoms with Crippen molar-refractivity contribution < 1.29 is 8.42 Å². The van der Waals surface area contributed by atoms with Gasteiger partial charge in [-0.3, -0.25) is 0 Å². The molecule has 0 aliphatic heterocycles. The van der Waals surface area contributed by atoms with Crippen molar-refractivity contribution in [2.24, 2.45) is 5.73 Å². The van der Waals surface area contributed by atoms with E-state index in [1.54, 1.807) is 12.1 Å². The second-order valence-electron chi connectivity index (χ2n) is 5.12. The largest absolute Gasteiger partial charge is 0.329 e. The Bertz CT molecular complexity index is 506. The Labute approximate surface area is 116 Å². The van der Waals surface area contributed by atoms with E-state index < -0.39 is 15.6 Å². The monoisotopic (exact) mass is 284 g/mol. The number of sulfonamides is 1. The van der Waals surface area contributed by atoms with Gasteiger partial charge in [0.1, 0.15) is 0 Å². The van der Waals surface area contributed by atoms with Gasteiger partial charge >= 0.3 is 0 Å². The zero-order chi connectivity index (χ0) is 14.7. The lowest BCUT2D eigenvalue weighted by Gasteiger charge is -2.31. The number of hydrogen-bond donors (Lipinski definition) is 2. The first kappa shape index (κ1) is 16.1. The zero-order valence-electron chi connectivity index (χ0n) is 12.2. The molecular weight excluding hydrogens is 260 g/mol. The quantitative estimate of drug-likeness (QED) is 0.840. The van der Waals surface area contributed by atoms with Crippen molar-refractivity contribution in [1.29, 1.82) is 0 Å². The number of nitrogens with one attached hydrogen (secondary N) is 1. The van der Waals surface area contributed by atoms with Crippen LogP contribution < -0.4 is 10.5 Å². The fraction of sp³-hybridized carbons (Fsp3) is 0.571. The van der Waals surface area contributed by atoms with Gasteiger partial charge in [0, 0.05) is 12.1 Å². The van der Waals surface area contributed by atoms with Gasteiger partial charge in [0.25, 0.3) is 0 Å². The van der Waals surface area contributed by atoms with E-state index in [0.29, 0.717) is 24.3 Å². The van der Waals surface area contributed by atoms with Crippen LogP contribution in [0.1, 0.15) is 37.8 Å². The molecule has 19 heavy (non-hydrogen) atoms. The van der Waals surface area contributed by atoms with Crippen LogP contribution in [0, 0.1) is 13.8 Å². The van der Waals surface area contributed by atoms with Gasteiger partial charge in [0.2, 0.25) is 10.0 Å². The number of aryl methyl sites for hydroxylation is 2. The van der Waals surface area contributed by atoms with Crippen molar-refractivity contribution in [3.8, 4) is 0 Å². The molecule has 0 aliphatic rings. The van der Waals surface area contributed by atoms with Crippen LogP contribution in [0.3, 0.4) is 0 Å². The molecule has 1 aromatic carbocycles. The second kappa shape index (κ2) is 6.03. The molecular formula is C14H24N2O2S. The molecule has 4 nitrogen and oxygen atoms in total. The minimum Gasteiger partial charge on any atom is -0.329 e. The SMILES string of the molecule is CCC(CC)(CN)NS(=O)(=O)c1cc(C)cc(C)c1. The van der Waals surface area contributed by atoms with Crippen LogP contribution in [0.15, 0.2) is 23.1 Å². The molecule has 0 aliphatic carbocycles. The Morgan fingerprint density at radius 1 is 1.11 bits per heavy atom. The minimum absolute atomic E-state index is 0.296. The average Bonchev–Trinajstić information content (AvgIpc) is 2.35. The Hall–Kier alpha value is -0.910. The van der Waals surface area contributed by atoms with Crippen molar-refractivity contribution in [3.05, 3.63) is 29.3 Å². The molecule has 0 saturated carbocycles. The highest BCUT2D eigenvalue weighted by atomic mass is 32.2. The van der Waals surface area contributed by atoms with Crippen LogP contribution in [-0.2, 0) is 10.0 Å². The summed E-state index contributed by atoms with van der Waals surface area (Å²) in [4.78, 5) is 0.310. The summed E-state index contributed by atoms with van der Waals surface area (Å²) in [5.41, 5.74) is 7.06. The Balaban J connectivity index is 3.17. The van der Waals surface area contributed by atoms with E-state index in [1.165, 1.54) is 0 Å². The van der Waals surface area contributed by atoms with Gasteiger partial charge in [-0.2, -0.15) is 0 Å². The van der Waals surface area contributed by atoms with Gasteiger partial charge in [0.05, 0.1) is 4.90 Å². The van der Waals surface area contributed by atoms with Crippen LogP contribution in [0.4, 0.5) is 0 Å². The van der Waals surface area contributed by atoms with Crippen LogP contribution in [0.2, 0.25) is 0 Å². The van der Waals surface area contributed by atoms with Crippen LogP contribution in [0.25, 0.3) is 0 Å². The maximum Gasteiger partial charge on any atom is 0.241 e. The summed E-state index contributed by atoms with van der Waals surface area (Å²) in [7, 11) is -3.53. The molecule has 5 heteroatoms. The maximum atomic E-state index is 12.5. The lowest BCUT2D eigenvalue weighted by molar-refractivity contribution is 0.363. The molecule has 0 amide bonds. The summed E-state index contributed by atoms with van der Waals surface area (Å²) in [5, 5.41) is 0. The lowest BCUT2D eigenvalue weighted by atomic mass is 9.95. The van der Waals surface area contributed by atoms with Crippen molar-refractivity contribution in [2.45, 2.75) is 51.0 Å². The maximum absolute atomic E-state index is 12.5. The fourth-order valence-electron chi connectivity index (χ4n) is 2.16. The second-order valence-corrected chi connectivity index (χ2v) is 6.80. The van der Waals surface area contributed by atoms with Gasteiger partial charge in [-0.1, -0.05) is 19.9 Å². The van der Waals surface area contributed by atoms with E-state index in [-0.39, 0.29) is 0 Å². The van der Waals surface area contributed by atoms with Crippen molar-refractivity contribution in [3.63, 3.8) is 0 Å². The van der Waals surface area contributed by atoms with Crippen molar-refractivity contribution >= 4 is 10.0 Å². The minimum atomic E-state index is -3.53. The third-order valence-corrected chi connectivity index (χ3v) is 5.16. The normalized spacial score (nSPS) is 12.7. The summed E-state index contributed by atoms with van der Waals surface area (Å²) in [6, 6.07) is 5.32. The number of benzene rings is 1. The third-order valence-electron chi connectivity index (χ3n) is 3.60. The molecule has 0 spiro atoms. The molecule has 0 unspecified atom stereocenters. The average molecular weight is 284 g/mol. The molecule has 108 valence electrons. The first-order chi connectivity index (χ1) is 8.78. The first-order valence-corrected chi connectivity index (χ1v) is 8.09. The predicted molar refractivity (Wildman–Crippen MR) is 78.6 cm³/mol. The Morgan fingerprint density at radius 3 is 1.95 bits per heavy atom. The number of rotatable bonds is 6. The predicted octanol–water partition coefficient (Wildman–Crippen LogP) is 2.10. The number of nitrogens with two attached hydrogens (primary N) is 1. The summed E-state index contributed by atoms with van der Waals surface area (Å²) < 4.78 is 27.7. The fourth-order valence-corrected chi connectivity index (χ4v) is 3.90. The summed E-state index contributed by atoms with van der Waals surface area (Å²) in [6.07, 6.45) is 1.34. The standard InChI is InChI=1S/C14H24N2O2S/c1-5-14(6-2,10-15)16-19(17,18)13-8-11(3)7-12(4)9-13/h7-9,16H,5-6,10,15H2,1-4H3. The molecule has 1 aromatic rings. The first-order valence-electron chi connectivity index (χ1n) is 6.61. The molecule has 0 radical (unpaired) electrons. The highest BCUT2D eigenvalue weighted by molar-refractivity contribution is 7.89. The van der Waals surface area contributed by atoms with Gasteiger partial charge in [-0.25, -0.2) is 13.1 Å². The lowest BCUT2D eigenvalue weighted by Crippen LogP contribution is -2.52. The summed E-state index contributed by atoms with van der Waals surface area (Å²) >= 11 is 0. The topological polar surface area (TPSA) is 72.2 Å². The van der Waals surface area contributed by atoms with Gasteiger partial charge in [-0.05, 0) is 49.9 Å². The molecule has 0 fully saturated rings. The molecule has 0 saturated heterocycles. The van der Waals surface area contributed by atoms with Gasteiger partial charge in [-0.15, -0.1) is 0 Å². The van der Waals surface area contributed by atoms with Crippen molar-refractivity contribution in [2.75, 3.05) is 6.54 Å². The van der Waals surface area contributed by atoms with E-state index >= 15 is 0 Å². The zero-order valence-corrected chi connectivity index (χ0v) is 13.0. The highest BCUT2D eigenvalue weighted by Gasteiger charge is 2.30. The summed E-state index contributed by atoms with van der Waals surface area (Å²) in [5.74, 6) is 0.